The summed E-state index contributed by atoms with van der Waals surface area (Å²) in [5.74, 6) is 0.664. The average Bonchev–Trinajstić information content (AvgIpc) is 1.91. The molecule has 0 heterocycles. The van der Waals surface area contributed by atoms with Gasteiger partial charge in [-0.2, -0.15) is 0 Å². The molecule has 0 radical (unpaired) electrons. The van der Waals surface area contributed by atoms with E-state index >= 15 is 0 Å². The molecule has 1 fully saturated rings. The quantitative estimate of drug-likeness (QED) is 0.413. The van der Waals surface area contributed by atoms with Gasteiger partial charge in [-0.1, -0.05) is 6.92 Å². The van der Waals surface area contributed by atoms with Crippen molar-refractivity contribution in [3.63, 3.8) is 0 Å². The van der Waals surface area contributed by atoms with Crippen molar-refractivity contribution in [2.75, 3.05) is 0 Å². The van der Waals surface area contributed by atoms with Gasteiger partial charge in [0.15, 0.2) is 10.3 Å². The number of rotatable bonds is 2. The molecule has 4 nitrogen and oxygen atoms in total. The van der Waals surface area contributed by atoms with Crippen molar-refractivity contribution in [1.29, 1.82) is 0 Å². The van der Waals surface area contributed by atoms with Crippen molar-refractivity contribution in [1.82, 2.24) is 4.72 Å². The number of hydrogen-bond acceptors (Lipinski definition) is 3. The molecule has 0 saturated heterocycles. The Labute approximate surface area is 102 Å². The SMILES string of the molecule is CC1CCC(NS(=O)(=O)[O-])CC1.[Na+]. The van der Waals surface area contributed by atoms with Gasteiger partial charge in [0.05, 0.1) is 0 Å². The van der Waals surface area contributed by atoms with Crippen LogP contribution in [0.5, 0.6) is 0 Å². The molecular weight excluding hydrogens is 201 g/mol. The van der Waals surface area contributed by atoms with Gasteiger partial charge in [-0.05, 0) is 31.6 Å². The van der Waals surface area contributed by atoms with Crippen molar-refractivity contribution in [3.05, 3.63) is 0 Å². The zero-order valence-electron chi connectivity index (χ0n) is 8.12. The maximum atomic E-state index is 10.3. The molecule has 0 unspecified atom stereocenters. The zero-order valence-corrected chi connectivity index (χ0v) is 10.9. The van der Waals surface area contributed by atoms with Gasteiger partial charge in [-0.15, -0.1) is 0 Å². The van der Waals surface area contributed by atoms with Gasteiger partial charge < -0.3 is 4.55 Å². The number of hydrogen-bond donors (Lipinski definition) is 1. The second kappa shape index (κ2) is 5.68. The molecule has 0 bridgehead atoms. The Morgan fingerprint density at radius 3 is 2.08 bits per heavy atom. The first-order chi connectivity index (χ1) is 5.47. The van der Waals surface area contributed by atoms with E-state index in [2.05, 4.69) is 11.6 Å². The fourth-order valence-electron chi connectivity index (χ4n) is 1.58. The minimum atomic E-state index is -4.24. The summed E-state index contributed by atoms with van der Waals surface area (Å²) in [5, 5.41) is 0. The predicted octanol–water partition coefficient (Wildman–Crippen LogP) is -2.38. The van der Waals surface area contributed by atoms with Gasteiger partial charge in [0.1, 0.15) is 0 Å². The van der Waals surface area contributed by atoms with Gasteiger partial charge in [-0.3, -0.25) is 0 Å². The molecule has 1 N–H and O–H groups in total. The van der Waals surface area contributed by atoms with E-state index < -0.39 is 10.3 Å². The van der Waals surface area contributed by atoms with Crippen LogP contribution in [0.25, 0.3) is 0 Å². The molecule has 13 heavy (non-hydrogen) atoms. The van der Waals surface area contributed by atoms with Crippen LogP contribution in [0, 0.1) is 5.92 Å². The van der Waals surface area contributed by atoms with E-state index in [-0.39, 0.29) is 35.6 Å². The van der Waals surface area contributed by atoms with Crippen LogP contribution < -0.4 is 34.3 Å². The van der Waals surface area contributed by atoms with Crippen LogP contribution in [-0.4, -0.2) is 19.0 Å². The summed E-state index contributed by atoms with van der Waals surface area (Å²) < 4.78 is 33.0. The molecule has 0 aromatic heterocycles. The molecule has 0 aromatic rings. The Kier molecular flexibility index (Phi) is 6.06. The molecule has 1 rings (SSSR count). The van der Waals surface area contributed by atoms with Gasteiger partial charge >= 0.3 is 29.6 Å². The molecule has 0 atom stereocenters. The third kappa shape index (κ3) is 6.04. The summed E-state index contributed by atoms with van der Waals surface area (Å²) >= 11 is 0. The van der Waals surface area contributed by atoms with Crippen molar-refractivity contribution in [2.45, 2.75) is 38.6 Å². The second-order valence-electron chi connectivity index (χ2n) is 3.53. The van der Waals surface area contributed by atoms with Crippen LogP contribution in [0.3, 0.4) is 0 Å². The average molecular weight is 215 g/mol. The fourth-order valence-corrected chi connectivity index (χ4v) is 2.23. The fraction of sp³-hybridized carbons (Fsp3) is 1.00. The minimum Gasteiger partial charge on any atom is -0.735 e. The van der Waals surface area contributed by atoms with E-state index in [1.54, 1.807) is 0 Å². The first-order valence-corrected chi connectivity index (χ1v) is 5.61. The molecule has 1 saturated carbocycles. The van der Waals surface area contributed by atoms with Crippen molar-refractivity contribution < 1.29 is 42.5 Å². The standard InChI is InChI=1S/C7H15NO3S.Na/c1-6-2-4-7(5-3-6)8-12(9,10)11;/h6-8H,2-5H2,1H3,(H,9,10,11);/q;+1/p-1. The maximum Gasteiger partial charge on any atom is 1.00 e. The Balaban J connectivity index is 0.00000144. The van der Waals surface area contributed by atoms with E-state index in [1.165, 1.54) is 0 Å². The molecule has 0 aliphatic heterocycles. The van der Waals surface area contributed by atoms with E-state index in [9.17, 15) is 13.0 Å². The van der Waals surface area contributed by atoms with Crippen molar-refractivity contribution in [3.8, 4) is 0 Å². The summed E-state index contributed by atoms with van der Waals surface area (Å²) in [5.41, 5.74) is 0. The Bertz CT molecular complexity index is 234. The molecule has 1 aliphatic rings. The largest absolute Gasteiger partial charge is 1.00 e. The maximum absolute atomic E-state index is 10.3. The van der Waals surface area contributed by atoms with E-state index in [0.717, 1.165) is 25.7 Å². The van der Waals surface area contributed by atoms with Crippen LogP contribution in [0.1, 0.15) is 32.6 Å². The molecule has 72 valence electrons. The third-order valence-electron chi connectivity index (χ3n) is 2.33. The van der Waals surface area contributed by atoms with E-state index in [1.807, 2.05) is 0 Å². The Morgan fingerprint density at radius 2 is 1.69 bits per heavy atom. The van der Waals surface area contributed by atoms with Crippen LogP contribution in [0.15, 0.2) is 0 Å². The first kappa shape index (κ1) is 13.9. The zero-order chi connectivity index (χ0) is 9.19. The summed E-state index contributed by atoms with van der Waals surface area (Å²) in [6.45, 7) is 2.14. The molecule has 0 spiro atoms. The van der Waals surface area contributed by atoms with Crippen LogP contribution in [0.4, 0.5) is 0 Å². The summed E-state index contributed by atoms with van der Waals surface area (Å²) in [6, 6.07) is -0.122. The molecule has 1 aliphatic carbocycles. The summed E-state index contributed by atoms with van der Waals surface area (Å²) in [4.78, 5) is 0. The second-order valence-corrected chi connectivity index (χ2v) is 4.67. The number of nitrogens with one attached hydrogen (secondary N) is 1. The topological polar surface area (TPSA) is 69.2 Å². The normalized spacial score (nSPS) is 29.4. The van der Waals surface area contributed by atoms with Crippen LogP contribution in [-0.2, 0) is 10.3 Å². The Hall–Kier alpha value is 0.870. The molecule has 6 heteroatoms. The summed E-state index contributed by atoms with van der Waals surface area (Å²) in [6.07, 6.45) is 3.60. The van der Waals surface area contributed by atoms with Gasteiger partial charge in [0.2, 0.25) is 0 Å². The molecule has 0 aromatic carbocycles. The smallest absolute Gasteiger partial charge is 0.735 e. The molecule has 0 amide bonds. The van der Waals surface area contributed by atoms with Gasteiger partial charge in [0.25, 0.3) is 0 Å². The molecular formula is C7H14NNaO3S. The van der Waals surface area contributed by atoms with E-state index in [0.29, 0.717) is 5.92 Å². The predicted molar refractivity (Wildman–Crippen MR) is 44.3 cm³/mol. The van der Waals surface area contributed by atoms with Crippen LogP contribution >= 0.6 is 0 Å². The van der Waals surface area contributed by atoms with E-state index in [4.69, 9.17) is 0 Å². The van der Waals surface area contributed by atoms with Gasteiger partial charge in [0, 0.05) is 6.04 Å². The first-order valence-electron chi connectivity index (χ1n) is 4.20. The van der Waals surface area contributed by atoms with Crippen molar-refractivity contribution in [2.24, 2.45) is 5.92 Å². The third-order valence-corrected chi connectivity index (χ3v) is 2.95. The Morgan fingerprint density at radius 1 is 1.23 bits per heavy atom. The minimum absolute atomic E-state index is 0. The van der Waals surface area contributed by atoms with Crippen molar-refractivity contribution >= 4 is 10.3 Å². The monoisotopic (exact) mass is 215 g/mol. The van der Waals surface area contributed by atoms with Gasteiger partial charge in [-0.25, -0.2) is 13.1 Å². The summed E-state index contributed by atoms with van der Waals surface area (Å²) in [7, 11) is -4.24. The van der Waals surface area contributed by atoms with Crippen LogP contribution in [0.2, 0.25) is 0 Å².